The molecule has 1 aromatic rings. The molecule has 20 heavy (non-hydrogen) atoms. The number of benzene rings is 1. The van der Waals surface area contributed by atoms with Gasteiger partial charge in [-0.05, 0) is 12.1 Å². The predicted molar refractivity (Wildman–Crippen MR) is 69.0 cm³/mol. The first kappa shape index (κ1) is 14.1. The standard InChI is InChI=1S/C13H15NO6/c1-2-13(19-7-8-20-13)11-9-10(18-6-5-15)3-4-12(11)14(16)17/h3-4,7-9,15H,2,5-6H2,1H3. The fourth-order valence-electron chi connectivity index (χ4n) is 2.02. The number of nitrogens with zero attached hydrogens (tertiary/aromatic N) is 1. The van der Waals surface area contributed by atoms with Crippen molar-refractivity contribution in [3.05, 3.63) is 46.4 Å². The molecule has 108 valence electrons. The third-order valence-corrected chi connectivity index (χ3v) is 2.97. The molecule has 2 rings (SSSR count). The fourth-order valence-corrected chi connectivity index (χ4v) is 2.02. The molecule has 1 heterocycles. The number of aliphatic hydroxyl groups is 1. The molecule has 0 aromatic heterocycles. The smallest absolute Gasteiger partial charge is 0.283 e. The molecule has 7 heteroatoms. The van der Waals surface area contributed by atoms with Crippen LogP contribution in [0, 0.1) is 10.1 Å². The van der Waals surface area contributed by atoms with Crippen molar-refractivity contribution in [2.24, 2.45) is 0 Å². The second kappa shape index (κ2) is 5.79. The molecule has 0 saturated heterocycles. The van der Waals surface area contributed by atoms with Crippen molar-refractivity contribution in [2.75, 3.05) is 13.2 Å². The number of nitro benzene ring substituents is 1. The first-order valence-electron chi connectivity index (χ1n) is 6.16. The maximum Gasteiger partial charge on any atom is 0.283 e. The minimum absolute atomic E-state index is 0.105. The Hall–Kier alpha value is -2.28. The Kier molecular flexibility index (Phi) is 4.09. The number of aliphatic hydroxyl groups excluding tert-OH is 1. The van der Waals surface area contributed by atoms with Crippen molar-refractivity contribution in [1.82, 2.24) is 0 Å². The minimum atomic E-state index is -1.21. The molecule has 0 unspecified atom stereocenters. The van der Waals surface area contributed by atoms with Gasteiger partial charge in [-0.2, -0.15) is 0 Å². The first-order chi connectivity index (χ1) is 9.63. The Labute approximate surface area is 115 Å². The van der Waals surface area contributed by atoms with Gasteiger partial charge in [0.15, 0.2) is 0 Å². The van der Waals surface area contributed by atoms with E-state index in [9.17, 15) is 10.1 Å². The van der Waals surface area contributed by atoms with E-state index in [1.807, 2.05) is 0 Å². The van der Waals surface area contributed by atoms with Crippen LogP contribution >= 0.6 is 0 Å². The van der Waals surface area contributed by atoms with Crippen molar-refractivity contribution in [3.63, 3.8) is 0 Å². The molecule has 0 saturated carbocycles. The number of nitro groups is 1. The maximum absolute atomic E-state index is 11.2. The van der Waals surface area contributed by atoms with Crippen LogP contribution in [0.4, 0.5) is 5.69 Å². The molecule has 1 aliphatic heterocycles. The zero-order valence-electron chi connectivity index (χ0n) is 10.9. The number of rotatable bonds is 6. The summed E-state index contributed by atoms with van der Waals surface area (Å²) in [6.07, 6.45) is 3.10. The molecule has 1 N–H and O–H groups in total. The van der Waals surface area contributed by atoms with E-state index < -0.39 is 10.7 Å². The van der Waals surface area contributed by atoms with Crippen LogP contribution in [0.3, 0.4) is 0 Å². The highest BCUT2D eigenvalue weighted by Crippen LogP contribution is 2.41. The predicted octanol–water partition coefficient (Wildman–Crippen LogP) is 2.05. The molecular weight excluding hydrogens is 266 g/mol. The molecule has 0 aliphatic carbocycles. The summed E-state index contributed by atoms with van der Waals surface area (Å²) < 4.78 is 16.1. The molecule has 0 amide bonds. The summed E-state index contributed by atoms with van der Waals surface area (Å²) in [5, 5.41) is 19.9. The van der Waals surface area contributed by atoms with Gasteiger partial charge in [0.05, 0.1) is 11.5 Å². The summed E-state index contributed by atoms with van der Waals surface area (Å²) in [7, 11) is 0. The maximum atomic E-state index is 11.2. The quantitative estimate of drug-likeness (QED) is 0.633. The summed E-state index contributed by atoms with van der Waals surface area (Å²) in [6, 6.07) is 4.32. The van der Waals surface area contributed by atoms with Crippen molar-refractivity contribution in [2.45, 2.75) is 19.1 Å². The SMILES string of the molecule is CCC1(c2cc(OCCO)ccc2[N+](=O)[O-])OC=CO1. The normalized spacial score (nSPS) is 15.5. The van der Waals surface area contributed by atoms with E-state index >= 15 is 0 Å². The molecular formula is C13H15NO6. The second-order valence-electron chi connectivity index (χ2n) is 4.12. The molecule has 0 spiro atoms. The number of hydrogen-bond donors (Lipinski definition) is 1. The summed E-state index contributed by atoms with van der Waals surface area (Å²) in [5.41, 5.74) is 0.178. The summed E-state index contributed by atoms with van der Waals surface area (Å²) in [4.78, 5) is 10.7. The van der Waals surface area contributed by atoms with Crippen LogP contribution in [0.1, 0.15) is 18.9 Å². The Balaban J connectivity index is 2.43. The Morgan fingerprint density at radius 2 is 2.10 bits per heavy atom. The van der Waals surface area contributed by atoms with Gasteiger partial charge in [-0.15, -0.1) is 0 Å². The van der Waals surface area contributed by atoms with Gasteiger partial charge < -0.3 is 19.3 Å². The van der Waals surface area contributed by atoms with E-state index in [1.54, 1.807) is 6.92 Å². The van der Waals surface area contributed by atoms with E-state index in [2.05, 4.69) is 0 Å². The summed E-state index contributed by atoms with van der Waals surface area (Å²) in [5.74, 6) is -0.798. The van der Waals surface area contributed by atoms with Crippen LogP contribution in [0.5, 0.6) is 5.75 Å². The highest BCUT2D eigenvalue weighted by molar-refractivity contribution is 5.48. The van der Waals surface area contributed by atoms with E-state index in [0.717, 1.165) is 0 Å². The third-order valence-electron chi connectivity index (χ3n) is 2.97. The largest absolute Gasteiger partial charge is 0.491 e. The highest BCUT2D eigenvalue weighted by Gasteiger charge is 2.42. The Bertz CT molecular complexity index is 520. The Morgan fingerprint density at radius 3 is 2.65 bits per heavy atom. The van der Waals surface area contributed by atoms with Gasteiger partial charge in [0.25, 0.3) is 11.5 Å². The Morgan fingerprint density at radius 1 is 1.40 bits per heavy atom. The van der Waals surface area contributed by atoms with Crippen LogP contribution in [0.15, 0.2) is 30.7 Å². The average molecular weight is 281 g/mol. The summed E-state index contributed by atoms with van der Waals surface area (Å²) >= 11 is 0. The molecule has 7 nitrogen and oxygen atoms in total. The van der Waals surface area contributed by atoms with Gasteiger partial charge in [0.2, 0.25) is 0 Å². The van der Waals surface area contributed by atoms with Crippen LogP contribution in [0.2, 0.25) is 0 Å². The lowest BCUT2D eigenvalue weighted by molar-refractivity contribution is -0.388. The van der Waals surface area contributed by atoms with Crippen LogP contribution in [-0.4, -0.2) is 23.2 Å². The van der Waals surface area contributed by atoms with Gasteiger partial charge in [-0.3, -0.25) is 10.1 Å². The highest BCUT2D eigenvalue weighted by atomic mass is 16.7. The lowest BCUT2D eigenvalue weighted by atomic mass is 10.0. The van der Waals surface area contributed by atoms with Gasteiger partial charge in [-0.1, -0.05) is 6.92 Å². The number of hydrogen-bond acceptors (Lipinski definition) is 6. The van der Waals surface area contributed by atoms with Crippen LogP contribution in [-0.2, 0) is 15.3 Å². The van der Waals surface area contributed by atoms with Gasteiger partial charge in [-0.25, -0.2) is 0 Å². The van der Waals surface area contributed by atoms with Crippen molar-refractivity contribution in [3.8, 4) is 5.75 Å². The fraction of sp³-hybridized carbons (Fsp3) is 0.385. The van der Waals surface area contributed by atoms with Crippen molar-refractivity contribution >= 4 is 5.69 Å². The van der Waals surface area contributed by atoms with Crippen molar-refractivity contribution in [1.29, 1.82) is 0 Å². The van der Waals surface area contributed by atoms with Gasteiger partial charge >= 0.3 is 0 Å². The monoisotopic (exact) mass is 281 g/mol. The average Bonchev–Trinajstić information content (AvgIpc) is 2.94. The molecule has 0 fully saturated rings. The number of ether oxygens (including phenoxy) is 3. The molecule has 0 atom stereocenters. The zero-order valence-corrected chi connectivity index (χ0v) is 10.9. The minimum Gasteiger partial charge on any atom is -0.491 e. The van der Waals surface area contributed by atoms with Gasteiger partial charge in [0, 0.05) is 12.5 Å². The molecule has 0 bridgehead atoms. The van der Waals surface area contributed by atoms with E-state index in [4.69, 9.17) is 19.3 Å². The third kappa shape index (κ3) is 2.53. The molecule has 0 radical (unpaired) electrons. The van der Waals surface area contributed by atoms with E-state index in [0.29, 0.717) is 12.2 Å². The molecule has 1 aliphatic rings. The van der Waals surface area contributed by atoms with Gasteiger partial charge in [0.1, 0.15) is 30.4 Å². The second-order valence-corrected chi connectivity index (χ2v) is 4.12. The van der Waals surface area contributed by atoms with Crippen LogP contribution in [0.25, 0.3) is 0 Å². The lowest BCUT2D eigenvalue weighted by Gasteiger charge is -2.26. The first-order valence-corrected chi connectivity index (χ1v) is 6.16. The van der Waals surface area contributed by atoms with Crippen molar-refractivity contribution < 1.29 is 24.2 Å². The lowest BCUT2D eigenvalue weighted by Crippen LogP contribution is -2.27. The van der Waals surface area contributed by atoms with Crippen LogP contribution < -0.4 is 4.74 Å². The topological polar surface area (TPSA) is 91.1 Å². The molecule has 1 aromatic carbocycles. The van der Waals surface area contributed by atoms with E-state index in [1.165, 1.54) is 30.7 Å². The summed E-state index contributed by atoms with van der Waals surface area (Å²) in [6.45, 7) is 1.77. The zero-order chi connectivity index (χ0) is 14.6. The van der Waals surface area contributed by atoms with E-state index in [-0.39, 0.29) is 24.5 Å².